The maximum atomic E-state index is 12.2. The van der Waals surface area contributed by atoms with Gasteiger partial charge in [0.15, 0.2) is 4.34 Å². The van der Waals surface area contributed by atoms with Gasteiger partial charge in [0.1, 0.15) is 5.82 Å². The number of nitrogens with zero attached hydrogens (tertiary/aromatic N) is 4. The van der Waals surface area contributed by atoms with Gasteiger partial charge in [0.2, 0.25) is 11.0 Å². The standard InChI is InChI=1S/C18H20N6O3S2/c1-10-6-5-7-12(11(10)2)19-16-21-22-17(29-16)28-9-14(25)20-13-8-15(26)24(4)18(27)23(13)3/h5-8H,9H2,1-4H3,(H,19,21)(H,20,25). The molecule has 0 saturated heterocycles. The summed E-state index contributed by atoms with van der Waals surface area (Å²) < 4.78 is 2.81. The Morgan fingerprint density at radius 1 is 1.17 bits per heavy atom. The lowest BCUT2D eigenvalue weighted by Crippen LogP contribution is -2.38. The van der Waals surface area contributed by atoms with Crippen LogP contribution in [-0.2, 0) is 18.9 Å². The van der Waals surface area contributed by atoms with E-state index in [1.54, 1.807) is 0 Å². The lowest BCUT2D eigenvalue weighted by molar-refractivity contribution is -0.113. The number of amides is 1. The van der Waals surface area contributed by atoms with Gasteiger partial charge in [-0.2, -0.15) is 0 Å². The molecule has 29 heavy (non-hydrogen) atoms. The predicted molar refractivity (Wildman–Crippen MR) is 115 cm³/mol. The van der Waals surface area contributed by atoms with Gasteiger partial charge in [0, 0.05) is 25.8 Å². The Bertz CT molecular complexity index is 1180. The summed E-state index contributed by atoms with van der Waals surface area (Å²) in [5, 5.41) is 14.6. The molecule has 0 aliphatic heterocycles. The van der Waals surface area contributed by atoms with Crippen LogP contribution in [0.4, 0.5) is 16.6 Å². The van der Waals surface area contributed by atoms with Crippen LogP contribution in [0.1, 0.15) is 11.1 Å². The Morgan fingerprint density at radius 3 is 2.69 bits per heavy atom. The van der Waals surface area contributed by atoms with E-state index in [1.807, 2.05) is 32.0 Å². The Labute approximate surface area is 174 Å². The smallest absolute Gasteiger partial charge is 0.330 e. The molecule has 9 nitrogen and oxygen atoms in total. The minimum absolute atomic E-state index is 0.0709. The van der Waals surface area contributed by atoms with E-state index >= 15 is 0 Å². The van der Waals surface area contributed by atoms with Gasteiger partial charge >= 0.3 is 5.69 Å². The maximum absolute atomic E-state index is 12.2. The number of hydrogen-bond donors (Lipinski definition) is 2. The number of aryl methyl sites for hydroxylation is 1. The first-order valence-electron chi connectivity index (χ1n) is 8.62. The summed E-state index contributed by atoms with van der Waals surface area (Å²) >= 11 is 2.57. The number of anilines is 3. The fourth-order valence-corrected chi connectivity index (χ4v) is 4.04. The summed E-state index contributed by atoms with van der Waals surface area (Å²) in [5.74, 6) is -0.127. The third-order valence-electron chi connectivity index (χ3n) is 4.37. The molecule has 1 aromatic carbocycles. The molecule has 0 bridgehead atoms. The molecule has 2 N–H and O–H groups in total. The van der Waals surface area contributed by atoms with Gasteiger partial charge in [0.25, 0.3) is 5.56 Å². The first-order chi connectivity index (χ1) is 13.8. The topological polar surface area (TPSA) is 111 Å². The largest absolute Gasteiger partial charge is 0.332 e. The number of thioether (sulfide) groups is 1. The molecule has 3 aromatic rings. The van der Waals surface area contributed by atoms with Crippen LogP contribution in [0.25, 0.3) is 0 Å². The Hall–Kier alpha value is -2.92. The van der Waals surface area contributed by atoms with Crippen molar-refractivity contribution in [1.29, 1.82) is 0 Å². The van der Waals surface area contributed by atoms with Crippen molar-refractivity contribution in [1.82, 2.24) is 19.3 Å². The molecular formula is C18H20N6O3S2. The van der Waals surface area contributed by atoms with Gasteiger partial charge in [-0.1, -0.05) is 35.2 Å². The third-order valence-corrected chi connectivity index (χ3v) is 6.34. The lowest BCUT2D eigenvalue weighted by Gasteiger charge is -2.10. The Morgan fingerprint density at radius 2 is 1.93 bits per heavy atom. The molecule has 1 amide bonds. The Kier molecular flexibility index (Phi) is 6.18. The average molecular weight is 433 g/mol. The van der Waals surface area contributed by atoms with Crippen LogP contribution in [-0.4, -0.2) is 31.0 Å². The number of carbonyl (C=O) groups excluding carboxylic acids is 1. The summed E-state index contributed by atoms with van der Waals surface area (Å²) in [6.07, 6.45) is 0. The monoisotopic (exact) mass is 432 g/mol. The number of carbonyl (C=O) groups is 1. The van der Waals surface area contributed by atoms with Crippen LogP contribution in [0.3, 0.4) is 0 Å². The second-order valence-electron chi connectivity index (χ2n) is 6.35. The molecule has 3 rings (SSSR count). The van der Waals surface area contributed by atoms with E-state index < -0.39 is 11.2 Å². The number of nitrogens with one attached hydrogen (secondary N) is 2. The van der Waals surface area contributed by atoms with Crippen molar-refractivity contribution in [3.63, 3.8) is 0 Å². The first kappa shape index (κ1) is 20.8. The van der Waals surface area contributed by atoms with Gasteiger partial charge in [-0.3, -0.25) is 18.7 Å². The minimum atomic E-state index is -0.508. The molecular weight excluding hydrogens is 412 g/mol. The quantitative estimate of drug-likeness (QED) is 0.573. The van der Waals surface area contributed by atoms with Gasteiger partial charge in [0.05, 0.1) is 5.75 Å². The zero-order chi connectivity index (χ0) is 21.1. The molecule has 0 aliphatic rings. The van der Waals surface area contributed by atoms with E-state index in [0.717, 1.165) is 15.8 Å². The first-order valence-corrected chi connectivity index (χ1v) is 10.4. The number of aromatic nitrogens is 4. The van der Waals surface area contributed by atoms with E-state index in [4.69, 9.17) is 0 Å². The van der Waals surface area contributed by atoms with Crippen LogP contribution in [0.2, 0.25) is 0 Å². The van der Waals surface area contributed by atoms with Crippen molar-refractivity contribution in [3.8, 4) is 0 Å². The normalized spacial score (nSPS) is 10.8. The molecule has 0 atom stereocenters. The van der Waals surface area contributed by atoms with E-state index in [2.05, 4.69) is 20.8 Å². The minimum Gasteiger partial charge on any atom is -0.330 e. The molecule has 0 radical (unpaired) electrons. The molecule has 2 aromatic heterocycles. The van der Waals surface area contributed by atoms with Crippen molar-refractivity contribution >= 4 is 45.6 Å². The van der Waals surface area contributed by atoms with Gasteiger partial charge < -0.3 is 10.6 Å². The second kappa shape index (κ2) is 8.62. The highest BCUT2D eigenvalue weighted by Gasteiger charge is 2.12. The highest BCUT2D eigenvalue weighted by molar-refractivity contribution is 8.01. The molecule has 0 aliphatic carbocycles. The highest BCUT2D eigenvalue weighted by Crippen LogP contribution is 2.29. The van der Waals surface area contributed by atoms with E-state index in [1.165, 1.54) is 53.4 Å². The molecule has 152 valence electrons. The molecule has 11 heteroatoms. The fraction of sp³-hybridized carbons (Fsp3) is 0.278. The van der Waals surface area contributed by atoms with Crippen molar-refractivity contribution in [3.05, 3.63) is 56.2 Å². The molecule has 2 heterocycles. The van der Waals surface area contributed by atoms with Crippen LogP contribution >= 0.6 is 23.1 Å². The van der Waals surface area contributed by atoms with E-state index in [-0.39, 0.29) is 17.5 Å². The zero-order valence-electron chi connectivity index (χ0n) is 16.3. The SMILES string of the molecule is Cc1cccc(Nc2nnc(SCC(=O)Nc3cc(=O)n(C)c(=O)n3C)s2)c1C. The highest BCUT2D eigenvalue weighted by atomic mass is 32.2. The molecule has 0 saturated carbocycles. The Balaban J connectivity index is 1.61. The second-order valence-corrected chi connectivity index (χ2v) is 8.55. The maximum Gasteiger partial charge on any atom is 0.332 e. The van der Waals surface area contributed by atoms with Gasteiger partial charge in [-0.25, -0.2) is 4.79 Å². The lowest BCUT2D eigenvalue weighted by atomic mass is 10.1. The van der Waals surface area contributed by atoms with E-state index in [0.29, 0.717) is 9.47 Å². The van der Waals surface area contributed by atoms with Crippen LogP contribution in [0.5, 0.6) is 0 Å². The molecule has 0 fully saturated rings. The average Bonchev–Trinajstić information content (AvgIpc) is 3.14. The van der Waals surface area contributed by atoms with Gasteiger partial charge in [-0.05, 0) is 31.0 Å². The number of hydrogen-bond acceptors (Lipinski definition) is 8. The van der Waals surface area contributed by atoms with Crippen LogP contribution in [0, 0.1) is 13.8 Å². The van der Waals surface area contributed by atoms with E-state index in [9.17, 15) is 14.4 Å². The summed E-state index contributed by atoms with van der Waals surface area (Å²) in [5.41, 5.74) is 2.28. The molecule has 0 spiro atoms. The summed E-state index contributed by atoms with van der Waals surface area (Å²) in [6, 6.07) is 7.19. The number of rotatable bonds is 6. The van der Waals surface area contributed by atoms with Crippen molar-refractivity contribution in [2.75, 3.05) is 16.4 Å². The van der Waals surface area contributed by atoms with Crippen molar-refractivity contribution in [2.24, 2.45) is 14.1 Å². The fourth-order valence-electron chi connectivity index (χ4n) is 2.48. The number of benzene rings is 1. The molecule has 0 unspecified atom stereocenters. The van der Waals surface area contributed by atoms with Crippen molar-refractivity contribution in [2.45, 2.75) is 18.2 Å². The predicted octanol–water partition coefficient (Wildman–Crippen LogP) is 2.03. The zero-order valence-corrected chi connectivity index (χ0v) is 18.0. The van der Waals surface area contributed by atoms with Crippen LogP contribution < -0.4 is 21.9 Å². The summed E-state index contributed by atoms with van der Waals surface area (Å²) in [6.45, 7) is 4.07. The van der Waals surface area contributed by atoms with Gasteiger partial charge in [-0.15, -0.1) is 10.2 Å². The summed E-state index contributed by atoms with van der Waals surface area (Å²) in [7, 11) is 2.87. The van der Waals surface area contributed by atoms with Crippen LogP contribution in [0.15, 0.2) is 38.2 Å². The third kappa shape index (κ3) is 4.74. The summed E-state index contributed by atoms with van der Waals surface area (Å²) in [4.78, 5) is 35.9. The van der Waals surface area contributed by atoms with Crippen molar-refractivity contribution < 1.29 is 4.79 Å².